The van der Waals surface area contributed by atoms with Crippen LogP contribution in [0.5, 0.6) is 0 Å². The summed E-state index contributed by atoms with van der Waals surface area (Å²) in [7, 11) is 0. The number of hydrogen-bond acceptors (Lipinski definition) is 4. The zero-order valence-corrected chi connectivity index (χ0v) is 12.0. The van der Waals surface area contributed by atoms with E-state index in [1.54, 1.807) is 0 Å². The van der Waals surface area contributed by atoms with Crippen molar-refractivity contribution in [3.05, 3.63) is 0 Å². The molecule has 4 heterocycles. The van der Waals surface area contributed by atoms with Gasteiger partial charge in [0.05, 0.1) is 0 Å². The van der Waals surface area contributed by atoms with Gasteiger partial charge in [-0.25, -0.2) is 4.79 Å². The number of hydrogen-bond donors (Lipinski definition) is 4. The van der Waals surface area contributed by atoms with E-state index in [0.29, 0.717) is 25.2 Å². The lowest BCUT2D eigenvalue weighted by atomic mass is 9.94. The molecule has 0 aromatic rings. The summed E-state index contributed by atoms with van der Waals surface area (Å²) in [6.45, 7) is 3.73. The molecule has 20 heavy (non-hydrogen) atoms. The van der Waals surface area contributed by atoms with Crippen LogP contribution in [0, 0.1) is 0 Å². The van der Waals surface area contributed by atoms with Crippen LogP contribution >= 0.6 is 0 Å². The molecule has 1 amide bonds. The van der Waals surface area contributed by atoms with Gasteiger partial charge in [-0.15, -0.1) is 0 Å². The third kappa shape index (κ3) is 3.42. The average Bonchev–Trinajstić information content (AvgIpc) is 2.77. The highest BCUT2D eigenvalue weighted by molar-refractivity contribution is 5.65. The van der Waals surface area contributed by atoms with E-state index in [-0.39, 0.29) is 0 Å². The monoisotopic (exact) mass is 282 g/mol. The highest BCUT2D eigenvalue weighted by Gasteiger charge is 2.31. The summed E-state index contributed by atoms with van der Waals surface area (Å²) in [6, 6.07) is 2.42. The van der Waals surface area contributed by atoms with Crippen molar-refractivity contribution in [2.75, 3.05) is 26.2 Å². The van der Waals surface area contributed by atoms with E-state index in [2.05, 4.69) is 16.0 Å². The number of nitrogens with zero attached hydrogens (tertiary/aromatic N) is 1. The minimum absolute atomic E-state index is 0.411. The number of nitrogens with one attached hydrogen (secondary N) is 3. The second-order valence-corrected chi connectivity index (χ2v) is 6.48. The van der Waals surface area contributed by atoms with Gasteiger partial charge in [0.25, 0.3) is 0 Å². The first-order chi connectivity index (χ1) is 9.70. The summed E-state index contributed by atoms with van der Waals surface area (Å²) in [5, 5.41) is 19.1. The molecule has 4 fully saturated rings. The van der Waals surface area contributed by atoms with E-state index in [1.807, 2.05) is 0 Å². The van der Waals surface area contributed by atoms with E-state index >= 15 is 0 Å². The minimum Gasteiger partial charge on any atom is -0.465 e. The molecule has 4 rings (SSSR count). The number of amides is 1. The van der Waals surface area contributed by atoms with Crippen molar-refractivity contribution in [1.29, 1.82) is 0 Å². The van der Waals surface area contributed by atoms with Gasteiger partial charge in [0, 0.05) is 50.3 Å². The number of likely N-dealkylation sites (tertiary alicyclic amines) is 1. The Balaban J connectivity index is 0.000000131. The minimum atomic E-state index is -0.770. The Morgan fingerprint density at radius 1 is 0.900 bits per heavy atom. The van der Waals surface area contributed by atoms with E-state index in [0.717, 1.165) is 24.9 Å². The van der Waals surface area contributed by atoms with Crippen molar-refractivity contribution in [1.82, 2.24) is 20.9 Å². The Hall–Kier alpha value is -0.850. The Morgan fingerprint density at radius 3 is 1.95 bits per heavy atom. The van der Waals surface area contributed by atoms with Crippen molar-refractivity contribution in [3.63, 3.8) is 0 Å². The van der Waals surface area contributed by atoms with Crippen molar-refractivity contribution >= 4 is 6.09 Å². The van der Waals surface area contributed by atoms with Gasteiger partial charge in [0.1, 0.15) is 0 Å². The maximum atomic E-state index is 10.7. The van der Waals surface area contributed by atoms with Crippen LogP contribution < -0.4 is 16.0 Å². The van der Waals surface area contributed by atoms with Crippen LogP contribution in [0.15, 0.2) is 0 Å². The third-order valence-corrected chi connectivity index (χ3v) is 4.85. The molecule has 114 valence electrons. The molecule has 0 aromatic carbocycles. The van der Waals surface area contributed by atoms with Gasteiger partial charge in [-0.2, -0.15) is 0 Å². The van der Waals surface area contributed by atoms with Crippen molar-refractivity contribution in [2.45, 2.75) is 56.3 Å². The third-order valence-electron chi connectivity index (χ3n) is 4.85. The first kappa shape index (κ1) is 14.1. The average molecular weight is 282 g/mol. The molecule has 0 aromatic heterocycles. The largest absolute Gasteiger partial charge is 0.465 e. The second kappa shape index (κ2) is 6.28. The lowest BCUT2D eigenvalue weighted by Crippen LogP contribution is -2.59. The fourth-order valence-corrected chi connectivity index (χ4v) is 3.82. The number of piperazine rings is 2. The Bertz CT molecular complexity index is 326. The predicted octanol–water partition coefficient (Wildman–Crippen LogP) is 0.201. The topological polar surface area (TPSA) is 76.6 Å². The first-order valence-corrected chi connectivity index (χ1v) is 7.91. The maximum Gasteiger partial charge on any atom is 0.407 e. The summed E-state index contributed by atoms with van der Waals surface area (Å²) in [4.78, 5) is 12.2. The molecule has 0 spiro atoms. The van der Waals surface area contributed by atoms with E-state index < -0.39 is 6.09 Å². The van der Waals surface area contributed by atoms with Crippen LogP contribution in [0.25, 0.3) is 0 Å². The standard InChI is InChI=1S/C8H14N2O2.C6H12N2/c11-8(12)10-4-6-2-1-3-7(5-10)9-6;1-2-6-4-7-3-5(1)8-6/h6-7,9H,1-5H2,(H,11,12);5-8H,1-4H2. The molecule has 4 saturated heterocycles. The lowest BCUT2D eigenvalue weighted by molar-refractivity contribution is 0.0998. The number of rotatable bonds is 0. The van der Waals surface area contributed by atoms with Gasteiger partial charge in [-0.3, -0.25) is 0 Å². The fraction of sp³-hybridized carbons (Fsp3) is 0.929. The van der Waals surface area contributed by atoms with E-state index in [4.69, 9.17) is 5.11 Å². The van der Waals surface area contributed by atoms with Gasteiger partial charge in [0.2, 0.25) is 0 Å². The van der Waals surface area contributed by atoms with Crippen LogP contribution in [-0.2, 0) is 0 Å². The van der Waals surface area contributed by atoms with Crippen molar-refractivity contribution < 1.29 is 9.90 Å². The van der Waals surface area contributed by atoms with Crippen molar-refractivity contribution in [3.8, 4) is 0 Å². The smallest absolute Gasteiger partial charge is 0.407 e. The summed E-state index contributed by atoms with van der Waals surface area (Å²) in [5.41, 5.74) is 0. The van der Waals surface area contributed by atoms with Crippen LogP contribution in [0.4, 0.5) is 4.79 Å². The Kier molecular flexibility index (Phi) is 4.43. The molecule has 4 bridgehead atoms. The van der Waals surface area contributed by atoms with Gasteiger partial charge in [0.15, 0.2) is 0 Å². The SMILES string of the molecule is C1CC2CNCC1N2.O=C(O)N1CC2CCCC(C1)N2. The lowest BCUT2D eigenvalue weighted by Gasteiger charge is -2.41. The summed E-state index contributed by atoms with van der Waals surface area (Å²) in [5.74, 6) is 0. The number of fused-ring (bicyclic) bond motifs is 4. The van der Waals surface area contributed by atoms with Gasteiger partial charge in [-0.05, 0) is 25.7 Å². The number of carboxylic acid groups (broad SMARTS) is 1. The molecular weight excluding hydrogens is 256 g/mol. The Labute approximate surface area is 120 Å². The fourth-order valence-electron chi connectivity index (χ4n) is 3.82. The van der Waals surface area contributed by atoms with Crippen molar-refractivity contribution in [2.24, 2.45) is 0 Å². The molecule has 4 unspecified atom stereocenters. The van der Waals surface area contributed by atoms with Gasteiger partial charge >= 0.3 is 6.09 Å². The number of piperidine rings is 1. The summed E-state index contributed by atoms with van der Waals surface area (Å²) in [6.07, 6.45) is 5.50. The van der Waals surface area contributed by atoms with Crippen LogP contribution in [0.3, 0.4) is 0 Å². The second-order valence-electron chi connectivity index (χ2n) is 6.48. The summed E-state index contributed by atoms with van der Waals surface area (Å²) >= 11 is 0. The molecule has 4 atom stereocenters. The van der Waals surface area contributed by atoms with Gasteiger partial charge in [-0.1, -0.05) is 6.42 Å². The van der Waals surface area contributed by atoms with E-state index in [9.17, 15) is 4.79 Å². The van der Waals surface area contributed by atoms with E-state index in [1.165, 1.54) is 37.3 Å². The van der Waals surface area contributed by atoms with Gasteiger partial charge < -0.3 is 26.0 Å². The molecule has 6 heteroatoms. The normalized spacial score (nSPS) is 38.9. The first-order valence-electron chi connectivity index (χ1n) is 7.91. The van der Waals surface area contributed by atoms with Crippen LogP contribution in [0.1, 0.15) is 32.1 Å². The molecule has 6 nitrogen and oxygen atoms in total. The highest BCUT2D eigenvalue weighted by atomic mass is 16.4. The molecular formula is C14H26N4O2. The highest BCUT2D eigenvalue weighted by Crippen LogP contribution is 2.19. The molecule has 4 N–H and O–H groups in total. The van der Waals surface area contributed by atoms with Crippen LogP contribution in [-0.4, -0.2) is 66.4 Å². The summed E-state index contributed by atoms with van der Waals surface area (Å²) < 4.78 is 0. The molecule has 0 aliphatic carbocycles. The Morgan fingerprint density at radius 2 is 1.45 bits per heavy atom. The molecule has 0 saturated carbocycles. The zero-order chi connectivity index (χ0) is 13.9. The molecule has 4 aliphatic heterocycles. The van der Waals surface area contributed by atoms with Crippen LogP contribution in [0.2, 0.25) is 0 Å². The molecule has 4 aliphatic rings. The zero-order valence-electron chi connectivity index (χ0n) is 12.0. The number of carbonyl (C=O) groups is 1. The maximum absolute atomic E-state index is 10.7. The quantitative estimate of drug-likeness (QED) is 0.511. The predicted molar refractivity (Wildman–Crippen MR) is 77.0 cm³/mol. The molecule has 0 radical (unpaired) electrons.